The van der Waals surface area contributed by atoms with Crippen molar-refractivity contribution in [3.05, 3.63) is 94.1 Å². The fourth-order valence-electron chi connectivity index (χ4n) is 6.41. The highest BCUT2D eigenvalue weighted by Gasteiger charge is 2.33. The molecule has 4 aromatic rings. The second-order valence-electron chi connectivity index (χ2n) is 11.9. The van der Waals surface area contributed by atoms with Crippen LogP contribution in [0, 0.1) is 5.82 Å². The number of rotatable bonds is 8. The summed E-state index contributed by atoms with van der Waals surface area (Å²) in [5, 5.41) is 10.5. The lowest BCUT2D eigenvalue weighted by Crippen LogP contribution is -2.45. The molecule has 7 rings (SSSR count). The van der Waals surface area contributed by atoms with Crippen molar-refractivity contribution in [2.45, 2.75) is 38.2 Å². The smallest absolute Gasteiger partial charge is 0.261 e. The van der Waals surface area contributed by atoms with Crippen LogP contribution in [0.2, 0.25) is 0 Å². The Morgan fingerprint density at radius 3 is 2.47 bits per heavy atom. The highest BCUT2D eigenvalue weighted by molar-refractivity contribution is 6.09. The fraction of sp³-hybridized carbons (Fsp3) is 0.324. The number of carbonyl (C=O) groups excluding carboxylic acids is 2. The van der Waals surface area contributed by atoms with Crippen LogP contribution in [0.4, 0.5) is 21.7 Å². The van der Waals surface area contributed by atoms with Crippen molar-refractivity contribution < 1.29 is 19.1 Å². The molecule has 0 radical (unpaired) electrons. The van der Waals surface area contributed by atoms with Gasteiger partial charge in [0.15, 0.2) is 5.82 Å². The molecule has 3 aliphatic rings. The quantitative estimate of drug-likeness (QED) is 0.290. The highest BCUT2D eigenvalue weighted by Crippen LogP contribution is 2.42. The number of anilines is 3. The van der Waals surface area contributed by atoms with Gasteiger partial charge in [-0.05, 0) is 66.1 Å². The molecule has 1 aromatic heterocycles. The summed E-state index contributed by atoms with van der Waals surface area (Å²) in [4.78, 5) is 43.6. The second kappa shape index (κ2) is 11.9. The summed E-state index contributed by atoms with van der Waals surface area (Å²) < 4.78 is 15.2. The van der Waals surface area contributed by atoms with E-state index >= 15 is 4.39 Å². The molecule has 45 heavy (non-hydrogen) atoms. The molecule has 11 heteroatoms. The number of fused-ring (bicyclic) bond motifs is 1. The second-order valence-corrected chi connectivity index (χ2v) is 11.9. The predicted octanol–water partition coefficient (Wildman–Crippen LogP) is 3.70. The van der Waals surface area contributed by atoms with E-state index in [1.165, 1.54) is 11.0 Å². The zero-order valence-corrected chi connectivity index (χ0v) is 24.8. The zero-order valence-electron chi connectivity index (χ0n) is 24.8. The highest BCUT2D eigenvalue weighted by atomic mass is 19.1. The van der Waals surface area contributed by atoms with Gasteiger partial charge >= 0.3 is 0 Å². The number of hydrogen-bond acceptors (Lipinski definition) is 8. The number of hydrogen-bond donors (Lipinski definition) is 2. The summed E-state index contributed by atoms with van der Waals surface area (Å²) in [5.41, 5.74) is 11.5. The van der Waals surface area contributed by atoms with Crippen LogP contribution in [0.15, 0.2) is 54.6 Å². The first-order valence-corrected chi connectivity index (χ1v) is 15.3. The molecular formula is C34H34FN7O3. The molecule has 3 heterocycles. The molecule has 3 aromatic carbocycles. The number of nitrogen functional groups attached to an aromatic ring is 1. The van der Waals surface area contributed by atoms with Gasteiger partial charge in [-0.25, -0.2) is 9.37 Å². The van der Waals surface area contributed by atoms with Gasteiger partial charge in [-0.3, -0.25) is 9.59 Å². The minimum atomic E-state index is -0.491. The Bertz CT molecular complexity index is 1770. The van der Waals surface area contributed by atoms with E-state index in [2.05, 4.69) is 14.9 Å². The van der Waals surface area contributed by atoms with E-state index in [9.17, 15) is 14.7 Å². The molecule has 230 valence electrons. The van der Waals surface area contributed by atoms with Gasteiger partial charge in [0, 0.05) is 56.0 Å². The van der Waals surface area contributed by atoms with Crippen LogP contribution in [-0.2, 0) is 24.2 Å². The molecular weight excluding hydrogens is 573 g/mol. The Kier molecular flexibility index (Phi) is 7.62. The summed E-state index contributed by atoms with van der Waals surface area (Å²) >= 11 is 0. The Labute approximate surface area is 260 Å². The molecule has 10 nitrogen and oxygen atoms in total. The summed E-state index contributed by atoms with van der Waals surface area (Å²) in [6.07, 6.45) is 3.94. The van der Waals surface area contributed by atoms with Crippen LogP contribution in [0.1, 0.15) is 57.2 Å². The maximum atomic E-state index is 15.2. The van der Waals surface area contributed by atoms with Crippen molar-refractivity contribution >= 4 is 29.6 Å². The molecule has 2 aliphatic heterocycles. The number of benzene rings is 3. The van der Waals surface area contributed by atoms with Crippen LogP contribution < -0.4 is 15.5 Å². The Morgan fingerprint density at radius 1 is 0.978 bits per heavy atom. The molecule has 1 aliphatic carbocycles. The molecule has 0 bridgehead atoms. The standard InChI is InChI=1S/C34H34FN7O3/c35-28-18-24(22-6-7-22)17-23-10-11-42(33(45)31(23)28)29-3-1-2-26(27(29)19-43)32-37-30(38-34(36)39-32)16-21-4-8-25(9-5-21)41-14-12-40(20-44)13-15-41/h1-5,8-9,17-18,20,22,43H,6-7,10-16,19H2,(H2,36,37,38,39). The molecule has 0 atom stereocenters. The minimum absolute atomic E-state index is 0.0467. The number of aliphatic hydroxyl groups excluding tert-OH is 1. The van der Waals surface area contributed by atoms with Crippen LogP contribution in [-0.4, -0.2) is 70.0 Å². The van der Waals surface area contributed by atoms with Gasteiger partial charge in [0.2, 0.25) is 12.4 Å². The summed E-state index contributed by atoms with van der Waals surface area (Å²) in [5.74, 6) is 0.283. The molecule has 0 spiro atoms. The molecule has 2 amide bonds. The molecule has 1 saturated carbocycles. The zero-order chi connectivity index (χ0) is 31.1. The van der Waals surface area contributed by atoms with Crippen LogP contribution in [0.5, 0.6) is 0 Å². The lowest BCUT2D eigenvalue weighted by molar-refractivity contribution is -0.118. The molecule has 0 unspecified atom stereocenters. The van der Waals surface area contributed by atoms with Gasteiger partial charge in [0.1, 0.15) is 11.6 Å². The van der Waals surface area contributed by atoms with Gasteiger partial charge < -0.3 is 25.5 Å². The summed E-state index contributed by atoms with van der Waals surface area (Å²) in [6, 6.07) is 16.9. The first-order chi connectivity index (χ1) is 21.9. The third kappa shape index (κ3) is 5.71. The van der Waals surface area contributed by atoms with E-state index in [0.717, 1.165) is 54.7 Å². The lowest BCUT2D eigenvalue weighted by atomic mass is 9.93. The van der Waals surface area contributed by atoms with Gasteiger partial charge in [-0.2, -0.15) is 9.97 Å². The predicted molar refractivity (Wildman–Crippen MR) is 168 cm³/mol. The van der Waals surface area contributed by atoms with Gasteiger partial charge in [0.05, 0.1) is 17.9 Å². The van der Waals surface area contributed by atoms with E-state index in [0.29, 0.717) is 61.0 Å². The number of nitrogens with zero attached hydrogens (tertiary/aromatic N) is 6. The third-order valence-electron chi connectivity index (χ3n) is 8.97. The van der Waals surface area contributed by atoms with Crippen molar-refractivity contribution in [1.29, 1.82) is 0 Å². The summed E-state index contributed by atoms with van der Waals surface area (Å²) in [7, 11) is 0. The number of piperazine rings is 1. The Morgan fingerprint density at radius 2 is 1.76 bits per heavy atom. The van der Waals surface area contributed by atoms with Gasteiger partial charge in [-0.1, -0.05) is 30.3 Å². The van der Waals surface area contributed by atoms with Crippen molar-refractivity contribution in [2.24, 2.45) is 0 Å². The number of carbonyl (C=O) groups is 2. The number of aliphatic hydroxyl groups is 1. The summed E-state index contributed by atoms with van der Waals surface area (Å²) in [6.45, 7) is 2.95. The number of halogens is 1. The largest absolute Gasteiger partial charge is 0.392 e. The van der Waals surface area contributed by atoms with Crippen LogP contribution >= 0.6 is 0 Å². The lowest BCUT2D eigenvalue weighted by Gasteiger charge is -2.34. The van der Waals surface area contributed by atoms with E-state index < -0.39 is 11.7 Å². The van der Waals surface area contributed by atoms with Crippen molar-refractivity contribution in [3.63, 3.8) is 0 Å². The number of amides is 2. The topological polar surface area (TPSA) is 129 Å². The average Bonchev–Trinajstić information content (AvgIpc) is 3.91. The fourth-order valence-corrected chi connectivity index (χ4v) is 6.41. The number of nitrogens with two attached hydrogens (primary N) is 1. The van der Waals surface area contributed by atoms with Crippen LogP contribution in [0.25, 0.3) is 11.4 Å². The van der Waals surface area contributed by atoms with Crippen molar-refractivity contribution in [1.82, 2.24) is 19.9 Å². The van der Waals surface area contributed by atoms with Crippen molar-refractivity contribution in [3.8, 4) is 11.4 Å². The molecule has 2 fully saturated rings. The van der Waals surface area contributed by atoms with Gasteiger partial charge in [0.25, 0.3) is 5.91 Å². The van der Waals surface area contributed by atoms with Crippen molar-refractivity contribution in [2.75, 3.05) is 48.3 Å². The third-order valence-corrected chi connectivity index (χ3v) is 8.97. The first kappa shape index (κ1) is 28.8. The Balaban J connectivity index is 1.14. The first-order valence-electron chi connectivity index (χ1n) is 15.3. The van der Waals surface area contributed by atoms with Crippen LogP contribution in [0.3, 0.4) is 0 Å². The SMILES string of the molecule is Nc1nc(Cc2ccc(N3CCN(C=O)CC3)cc2)nc(-c2cccc(N3CCc4cc(C5CC5)cc(F)c4C3=O)c2CO)n1. The van der Waals surface area contributed by atoms with E-state index in [1.54, 1.807) is 23.1 Å². The maximum Gasteiger partial charge on any atom is 0.261 e. The minimum Gasteiger partial charge on any atom is -0.392 e. The van der Waals surface area contributed by atoms with E-state index in [4.69, 9.17) is 10.7 Å². The molecule has 3 N–H and O–H groups in total. The monoisotopic (exact) mass is 607 g/mol. The van der Waals surface area contributed by atoms with E-state index in [-0.39, 0.29) is 23.9 Å². The normalized spacial score (nSPS) is 16.6. The number of aromatic nitrogens is 3. The van der Waals surface area contributed by atoms with E-state index in [1.807, 2.05) is 30.3 Å². The molecule has 1 saturated heterocycles. The Hall–Kier alpha value is -4.90. The van der Waals surface area contributed by atoms with Gasteiger partial charge in [-0.15, -0.1) is 0 Å². The maximum absolute atomic E-state index is 15.2. The average molecular weight is 608 g/mol.